The van der Waals surface area contributed by atoms with Crippen LogP contribution in [0, 0.1) is 5.92 Å². The van der Waals surface area contributed by atoms with Gasteiger partial charge in [-0.05, 0) is 36.2 Å². The average Bonchev–Trinajstić information content (AvgIpc) is 3.69. The molecule has 0 unspecified atom stereocenters. The molecule has 0 radical (unpaired) electrons. The van der Waals surface area contributed by atoms with Crippen LogP contribution in [0.25, 0.3) is 16.8 Å². The number of likely N-dealkylation sites (tertiary alicyclic amines) is 1. The van der Waals surface area contributed by atoms with Gasteiger partial charge in [0.2, 0.25) is 11.9 Å². The number of anilines is 1. The molecule has 3 heterocycles. The molecule has 1 atom stereocenters. The van der Waals surface area contributed by atoms with E-state index in [2.05, 4.69) is 20.5 Å². The summed E-state index contributed by atoms with van der Waals surface area (Å²) in [5.74, 6) is -1.44. The third kappa shape index (κ3) is 5.43. The number of rotatable bonds is 8. The number of carboxylic acid groups (broad SMARTS) is 1. The molecular formula is C27H26N6O4. The number of H-pyrrole nitrogens is 1. The first-order valence-electron chi connectivity index (χ1n) is 12.0. The van der Waals surface area contributed by atoms with Gasteiger partial charge in [-0.3, -0.25) is 29.4 Å². The number of aryl methyl sites for hydroxylation is 1. The first-order valence-corrected chi connectivity index (χ1v) is 12.0. The van der Waals surface area contributed by atoms with Crippen LogP contribution < -0.4 is 5.32 Å². The number of hydrogen-bond donors (Lipinski definition) is 3. The lowest BCUT2D eigenvalue weighted by Crippen LogP contribution is -2.30. The van der Waals surface area contributed by atoms with Crippen molar-refractivity contribution in [3.63, 3.8) is 0 Å². The fourth-order valence-electron chi connectivity index (χ4n) is 4.43. The molecule has 0 aliphatic carbocycles. The molecule has 2 amide bonds. The van der Waals surface area contributed by atoms with Gasteiger partial charge in [-0.1, -0.05) is 30.3 Å². The van der Waals surface area contributed by atoms with Gasteiger partial charge in [0.15, 0.2) is 0 Å². The number of nitrogens with zero attached hydrogens (tertiary/aromatic N) is 4. The van der Waals surface area contributed by atoms with Gasteiger partial charge in [0, 0.05) is 55.1 Å². The first-order chi connectivity index (χ1) is 18.0. The quantitative estimate of drug-likeness (QED) is 0.341. The fourth-order valence-corrected chi connectivity index (χ4v) is 4.43. The van der Waals surface area contributed by atoms with E-state index in [9.17, 15) is 19.5 Å². The van der Waals surface area contributed by atoms with Crippen molar-refractivity contribution in [2.24, 2.45) is 5.92 Å². The molecule has 10 heteroatoms. The lowest BCUT2D eigenvalue weighted by molar-refractivity contribution is -0.141. The summed E-state index contributed by atoms with van der Waals surface area (Å²) < 4.78 is 1.79. The summed E-state index contributed by atoms with van der Waals surface area (Å²) in [7, 11) is 0. The van der Waals surface area contributed by atoms with Crippen LogP contribution in [0.4, 0.5) is 5.95 Å². The maximum atomic E-state index is 13.2. The Morgan fingerprint density at radius 3 is 2.65 bits per heavy atom. The summed E-state index contributed by atoms with van der Waals surface area (Å²) in [6, 6.07) is 16.7. The smallest absolute Gasteiger partial charge is 0.308 e. The maximum Gasteiger partial charge on any atom is 0.308 e. The first kappa shape index (κ1) is 24.0. The van der Waals surface area contributed by atoms with Crippen molar-refractivity contribution in [2.75, 3.05) is 18.4 Å². The number of imidazole rings is 1. The molecule has 5 rings (SSSR count). The highest BCUT2D eigenvalue weighted by Gasteiger charge is 2.30. The van der Waals surface area contributed by atoms with Gasteiger partial charge in [0.05, 0.1) is 17.8 Å². The van der Waals surface area contributed by atoms with Crippen LogP contribution in [0.2, 0.25) is 0 Å². The highest BCUT2D eigenvalue weighted by molar-refractivity contribution is 6.04. The van der Waals surface area contributed by atoms with Crippen molar-refractivity contribution in [2.45, 2.75) is 19.3 Å². The molecule has 1 fully saturated rings. The Morgan fingerprint density at radius 1 is 1.08 bits per heavy atom. The summed E-state index contributed by atoms with van der Waals surface area (Å²) in [5, 5.41) is 18.8. The van der Waals surface area contributed by atoms with E-state index >= 15 is 0 Å². The molecular weight excluding hydrogens is 472 g/mol. The molecule has 1 saturated heterocycles. The SMILES string of the molecule is O=C(Nc1nc(CCC(=O)N2CC[C@@H](C(=O)O)C2)cn1-c1ccccc1)c1cccc(-c2cn[nH]c2)c1. The summed E-state index contributed by atoms with van der Waals surface area (Å²) in [6.45, 7) is 0.694. The third-order valence-corrected chi connectivity index (χ3v) is 6.46. The van der Waals surface area contributed by atoms with E-state index < -0.39 is 11.9 Å². The van der Waals surface area contributed by atoms with Gasteiger partial charge >= 0.3 is 5.97 Å². The van der Waals surface area contributed by atoms with Gasteiger partial charge in [0.25, 0.3) is 5.91 Å². The van der Waals surface area contributed by atoms with Crippen LogP contribution in [0.1, 0.15) is 28.9 Å². The number of carboxylic acids is 1. The van der Waals surface area contributed by atoms with E-state index in [-0.39, 0.29) is 24.8 Å². The number of benzene rings is 2. The summed E-state index contributed by atoms with van der Waals surface area (Å²) in [4.78, 5) is 43.2. The normalized spacial score (nSPS) is 15.0. The molecule has 0 saturated carbocycles. The van der Waals surface area contributed by atoms with E-state index in [1.54, 1.807) is 34.0 Å². The topological polar surface area (TPSA) is 133 Å². The van der Waals surface area contributed by atoms with Crippen LogP contribution in [-0.2, 0) is 16.0 Å². The van der Waals surface area contributed by atoms with Crippen molar-refractivity contribution < 1.29 is 19.5 Å². The number of amides is 2. The number of aromatic nitrogens is 4. The number of hydrogen-bond acceptors (Lipinski definition) is 5. The largest absolute Gasteiger partial charge is 0.481 e. The minimum absolute atomic E-state index is 0.0975. The van der Waals surface area contributed by atoms with Crippen LogP contribution in [0.3, 0.4) is 0 Å². The lowest BCUT2D eigenvalue weighted by Gasteiger charge is -2.15. The monoisotopic (exact) mass is 498 g/mol. The average molecular weight is 499 g/mol. The Balaban J connectivity index is 1.33. The summed E-state index contributed by atoms with van der Waals surface area (Å²) in [6.07, 6.45) is 6.31. The molecule has 0 spiro atoms. The van der Waals surface area contributed by atoms with Crippen LogP contribution in [0.5, 0.6) is 0 Å². The molecule has 37 heavy (non-hydrogen) atoms. The van der Waals surface area contributed by atoms with Gasteiger partial charge in [-0.15, -0.1) is 0 Å². The van der Waals surface area contributed by atoms with Crippen molar-refractivity contribution in [3.05, 3.63) is 84.4 Å². The van der Waals surface area contributed by atoms with Crippen LogP contribution in [-0.4, -0.2) is 60.6 Å². The van der Waals surface area contributed by atoms with Gasteiger partial charge in [-0.25, -0.2) is 4.98 Å². The van der Waals surface area contributed by atoms with Gasteiger partial charge in [0.1, 0.15) is 0 Å². The predicted molar refractivity (Wildman–Crippen MR) is 136 cm³/mol. The maximum absolute atomic E-state index is 13.2. The second kappa shape index (κ2) is 10.5. The van der Waals surface area contributed by atoms with Crippen molar-refractivity contribution >= 4 is 23.7 Å². The number of para-hydroxylation sites is 1. The summed E-state index contributed by atoms with van der Waals surface area (Å²) >= 11 is 0. The lowest BCUT2D eigenvalue weighted by atomic mass is 10.1. The Bertz CT molecular complexity index is 1410. The molecule has 1 aliphatic heterocycles. The molecule has 4 aromatic rings. The molecule has 2 aromatic heterocycles. The molecule has 3 N–H and O–H groups in total. The van der Waals surface area contributed by atoms with Gasteiger partial charge < -0.3 is 10.0 Å². The Morgan fingerprint density at radius 2 is 1.92 bits per heavy atom. The molecule has 188 valence electrons. The number of aliphatic carboxylic acids is 1. The van der Waals surface area contributed by atoms with Gasteiger partial charge in [-0.2, -0.15) is 5.10 Å². The second-order valence-electron chi connectivity index (χ2n) is 8.95. The molecule has 0 bridgehead atoms. The summed E-state index contributed by atoms with van der Waals surface area (Å²) in [5.41, 5.74) is 3.67. The molecule has 10 nitrogen and oxygen atoms in total. The number of carbonyl (C=O) groups excluding carboxylic acids is 2. The highest BCUT2D eigenvalue weighted by atomic mass is 16.4. The predicted octanol–water partition coefficient (Wildman–Crippen LogP) is 3.38. The third-order valence-electron chi connectivity index (χ3n) is 6.46. The molecule has 2 aromatic carbocycles. The van der Waals surface area contributed by atoms with E-state index in [1.165, 1.54) is 0 Å². The van der Waals surface area contributed by atoms with Crippen LogP contribution in [0.15, 0.2) is 73.2 Å². The van der Waals surface area contributed by atoms with E-state index in [4.69, 9.17) is 0 Å². The van der Waals surface area contributed by atoms with Crippen molar-refractivity contribution in [1.82, 2.24) is 24.6 Å². The second-order valence-corrected chi connectivity index (χ2v) is 8.95. The number of aromatic amines is 1. The highest BCUT2D eigenvalue weighted by Crippen LogP contribution is 2.22. The Hall–Kier alpha value is -4.73. The Labute approximate surface area is 213 Å². The molecule has 1 aliphatic rings. The number of carbonyl (C=O) groups is 3. The minimum atomic E-state index is -0.868. The number of nitrogens with one attached hydrogen (secondary N) is 2. The zero-order valence-corrected chi connectivity index (χ0v) is 20.0. The van der Waals surface area contributed by atoms with Crippen molar-refractivity contribution in [3.8, 4) is 16.8 Å². The Kier molecular flexibility index (Phi) is 6.80. The standard InChI is InChI=1S/C27H26N6O4/c34-24(32-12-11-20(16-32)26(36)37)10-9-22-17-33(23-7-2-1-3-8-23)27(30-22)31-25(35)19-6-4-5-18(13-19)21-14-28-29-15-21/h1-8,13-15,17,20H,9-12,16H2,(H,28,29)(H,36,37)(H,30,31,35)/t20-/m1/s1. The van der Waals surface area contributed by atoms with E-state index in [1.807, 2.05) is 48.7 Å². The minimum Gasteiger partial charge on any atom is -0.481 e. The van der Waals surface area contributed by atoms with Crippen molar-refractivity contribution in [1.29, 1.82) is 0 Å². The fraction of sp³-hybridized carbons (Fsp3) is 0.222. The van der Waals surface area contributed by atoms with E-state index in [0.717, 1.165) is 16.8 Å². The zero-order chi connectivity index (χ0) is 25.8. The zero-order valence-electron chi connectivity index (χ0n) is 20.0. The van der Waals surface area contributed by atoms with Crippen LogP contribution >= 0.6 is 0 Å². The van der Waals surface area contributed by atoms with E-state index in [0.29, 0.717) is 36.6 Å².